The van der Waals surface area contributed by atoms with Crippen molar-refractivity contribution in [1.29, 1.82) is 0 Å². The number of ether oxygens (including phenoxy) is 4. The van der Waals surface area contributed by atoms with Crippen molar-refractivity contribution in [3.8, 4) is 11.5 Å². The molecule has 0 radical (unpaired) electrons. The van der Waals surface area contributed by atoms with Crippen LogP contribution >= 0.6 is 45.3 Å². The maximum absolute atomic E-state index is 13.4. The third-order valence-electron chi connectivity index (χ3n) is 15.1. The zero-order valence-corrected chi connectivity index (χ0v) is 45.1. The van der Waals surface area contributed by atoms with Crippen molar-refractivity contribution in [2.75, 3.05) is 65.6 Å². The van der Waals surface area contributed by atoms with E-state index in [0.717, 1.165) is 111 Å². The fourth-order valence-corrected chi connectivity index (χ4v) is 14.3. The lowest BCUT2D eigenvalue weighted by Crippen LogP contribution is -2.65. The van der Waals surface area contributed by atoms with E-state index < -0.39 is 47.3 Å². The summed E-state index contributed by atoms with van der Waals surface area (Å²) in [6.45, 7) is 9.59. The molecule has 4 N–H and O–H groups in total. The van der Waals surface area contributed by atoms with E-state index in [0.29, 0.717) is 44.6 Å². The average Bonchev–Trinajstić information content (AvgIpc) is 4.33. The lowest BCUT2D eigenvalue weighted by atomic mass is 9.83. The van der Waals surface area contributed by atoms with E-state index in [9.17, 15) is 39.6 Å². The first-order valence-electron chi connectivity index (χ1n) is 25.5. The topological polar surface area (TPSA) is 232 Å². The molecule has 0 aliphatic carbocycles. The molecular weight excluding hydrogens is 1050 g/mol. The molecule has 4 bridgehead atoms. The van der Waals surface area contributed by atoms with E-state index in [4.69, 9.17) is 29.2 Å². The Bertz CT molecular complexity index is 2470. The van der Waals surface area contributed by atoms with Crippen LogP contribution in [0.15, 0.2) is 131 Å². The maximum Gasteiger partial charge on any atom is 0.349 e. The molecule has 0 saturated carbocycles. The molecule has 6 saturated heterocycles. The average molecular weight is 1120 g/mol. The molecule has 6 aromatic rings. The van der Waals surface area contributed by atoms with E-state index in [1.807, 2.05) is 131 Å². The van der Waals surface area contributed by atoms with Crippen LogP contribution in [0.2, 0.25) is 0 Å². The van der Waals surface area contributed by atoms with Gasteiger partial charge in [0.15, 0.2) is 12.2 Å². The number of carbonyl (C=O) groups is 4. The number of thiophene rings is 4. The van der Waals surface area contributed by atoms with E-state index in [2.05, 4.69) is 0 Å². The zero-order chi connectivity index (χ0) is 53.8. The van der Waals surface area contributed by atoms with Crippen LogP contribution < -0.4 is 19.7 Å². The molecule has 12 rings (SSSR count). The molecule has 4 atom stereocenters. The molecule has 0 spiro atoms. The number of carboxylic acids is 2. The number of para-hydroxylation sites is 2. The van der Waals surface area contributed by atoms with Gasteiger partial charge >= 0.3 is 11.9 Å². The van der Waals surface area contributed by atoms with Gasteiger partial charge in [-0.2, -0.15) is 0 Å². The Kier molecular flexibility index (Phi) is 19.2. The van der Waals surface area contributed by atoms with Gasteiger partial charge in [0.25, 0.3) is 0 Å². The number of benzene rings is 2. The minimum atomic E-state index is -2.44. The van der Waals surface area contributed by atoms with Crippen LogP contribution in [0.3, 0.4) is 0 Å². The van der Waals surface area contributed by atoms with Gasteiger partial charge < -0.3 is 68.1 Å². The minimum absolute atomic E-state index is 0.151. The van der Waals surface area contributed by atoms with E-state index in [1.54, 1.807) is 0 Å². The van der Waals surface area contributed by atoms with Crippen LogP contribution in [0.25, 0.3) is 0 Å². The number of carboxylic acid groups (broad SMARTS) is 2. The third kappa shape index (κ3) is 13.4. The molecule has 20 heteroatoms. The van der Waals surface area contributed by atoms with Gasteiger partial charge in [-0.25, -0.2) is 9.59 Å². The molecule has 16 nitrogen and oxygen atoms in total. The van der Waals surface area contributed by atoms with Gasteiger partial charge in [0.2, 0.25) is 11.2 Å². The fraction of sp³-hybridized carbons (Fsp3) is 0.429. The second-order valence-electron chi connectivity index (χ2n) is 19.8. The Morgan fingerprint density at radius 1 is 0.513 bits per heavy atom. The monoisotopic (exact) mass is 1120 g/mol. The Hall–Kier alpha value is -5.52. The number of esters is 2. The second kappa shape index (κ2) is 25.8. The number of aliphatic carboxylic acids is 2. The van der Waals surface area contributed by atoms with Crippen LogP contribution in [-0.4, -0.2) is 143 Å². The summed E-state index contributed by atoms with van der Waals surface area (Å²) < 4.78 is 26.0. The van der Waals surface area contributed by atoms with Crippen LogP contribution in [0.5, 0.6) is 11.5 Å². The first-order valence-corrected chi connectivity index (χ1v) is 29.0. The Morgan fingerprint density at radius 3 is 1.11 bits per heavy atom. The number of quaternary nitrogens is 2. The fourth-order valence-electron chi connectivity index (χ4n) is 10.8. The summed E-state index contributed by atoms with van der Waals surface area (Å²) in [7, 11) is 0. The molecular formula is C56H64N2O14S4. The number of aliphatic hydroxyl groups excluding tert-OH is 2. The molecule has 6 aliphatic rings. The minimum Gasteiger partial charge on any atom is -0.547 e. The zero-order valence-electron chi connectivity index (χ0n) is 41.9. The van der Waals surface area contributed by atoms with Crippen LogP contribution in [0, 0.1) is 11.8 Å². The highest BCUT2D eigenvalue weighted by atomic mass is 32.1. The Labute approximate surface area is 457 Å². The van der Waals surface area contributed by atoms with Crippen LogP contribution in [-0.2, 0) is 39.9 Å². The number of carbonyl (C=O) groups excluding carboxylic acids is 4. The van der Waals surface area contributed by atoms with E-state index in [-0.39, 0.29) is 12.2 Å². The predicted octanol–water partition coefficient (Wildman–Crippen LogP) is 4.54. The Balaban J connectivity index is 0.000000171. The van der Waals surface area contributed by atoms with Gasteiger partial charge in [-0.1, -0.05) is 60.7 Å². The Morgan fingerprint density at radius 2 is 0.829 bits per heavy atom. The molecule has 2 aromatic carbocycles. The van der Waals surface area contributed by atoms with Gasteiger partial charge in [-0.05, 0) is 70.1 Å². The molecule has 4 unspecified atom stereocenters. The largest absolute Gasteiger partial charge is 0.547 e. The quantitative estimate of drug-likeness (QED) is 0.0441. The highest BCUT2D eigenvalue weighted by molar-refractivity contribution is 7.12. The number of hydrogen-bond acceptors (Lipinski definition) is 18. The van der Waals surface area contributed by atoms with Crippen molar-refractivity contribution < 1.29 is 77.7 Å². The summed E-state index contributed by atoms with van der Waals surface area (Å²) in [4.78, 5) is 48.6. The van der Waals surface area contributed by atoms with Crippen molar-refractivity contribution in [3.05, 3.63) is 150 Å². The number of nitrogens with zero attached hydrogens (tertiary/aromatic N) is 2. The van der Waals surface area contributed by atoms with E-state index >= 15 is 0 Å². The van der Waals surface area contributed by atoms with Gasteiger partial charge in [-0.15, -0.1) is 45.3 Å². The van der Waals surface area contributed by atoms with Crippen molar-refractivity contribution in [2.45, 2.75) is 74.1 Å². The van der Waals surface area contributed by atoms with Gasteiger partial charge in [-0.3, -0.25) is 0 Å². The summed E-state index contributed by atoms with van der Waals surface area (Å²) in [5, 5.41) is 66.4. The first kappa shape index (κ1) is 56.7. The van der Waals surface area contributed by atoms with Gasteiger partial charge in [0.05, 0.1) is 83.9 Å². The molecule has 6 fully saturated rings. The summed E-state index contributed by atoms with van der Waals surface area (Å²) in [5.41, 5.74) is -3.47. The molecule has 76 heavy (non-hydrogen) atoms. The second-order valence-corrected chi connectivity index (χ2v) is 23.6. The lowest BCUT2D eigenvalue weighted by molar-refractivity contribution is -0.946. The lowest BCUT2D eigenvalue weighted by Gasteiger charge is -2.52. The predicted molar refractivity (Wildman–Crippen MR) is 283 cm³/mol. The normalized spacial score (nSPS) is 23.4. The number of hydrogen-bond donors (Lipinski definition) is 4. The maximum atomic E-state index is 13.4. The van der Waals surface area contributed by atoms with E-state index in [1.165, 1.54) is 45.3 Å². The smallest absolute Gasteiger partial charge is 0.349 e. The summed E-state index contributed by atoms with van der Waals surface area (Å²) in [6, 6.07) is 34.5. The standard InChI is InChI=1S/2C26H30NO4S2.C4H6O6/c2*28-25(26(29,23-9-4-17-32-23)24-10-5-18-33-24)31-22-19-27(14-11-20(22)12-15-27)13-6-16-30-21-7-2-1-3-8-21;5-1(3(7)8)2(6)4(9)10/h2*1-5,7-10,17-18,20,22,29H,6,11-16,19H2;1-2,5-6H,(H,7,8)(H,9,10)/q2*+1;/p-2. The highest BCUT2D eigenvalue weighted by Gasteiger charge is 2.53. The van der Waals surface area contributed by atoms with Crippen LogP contribution in [0.1, 0.15) is 58.0 Å². The highest BCUT2D eigenvalue weighted by Crippen LogP contribution is 2.42. The summed E-state index contributed by atoms with van der Waals surface area (Å²) in [5.74, 6) is -2.64. The number of fused-ring (bicyclic) bond motifs is 6. The number of piperidine rings is 6. The number of aliphatic hydroxyl groups is 4. The van der Waals surface area contributed by atoms with Crippen LogP contribution in [0.4, 0.5) is 0 Å². The molecule has 0 amide bonds. The van der Waals surface area contributed by atoms with Crippen molar-refractivity contribution in [1.82, 2.24) is 0 Å². The van der Waals surface area contributed by atoms with Gasteiger partial charge in [0.1, 0.15) is 36.8 Å². The number of rotatable bonds is 21. The molecule has 406 valence electrons. The molecule has 10 heterocycles. The summed E-state index contributed by atoms with van der Waals surface area (Å²) >= 11 is 5.53. The first-order chi connectivity index (χ1) is 36.6. The SMILES string of the molecule is O=C(OC1C[N+]2(CCCOc3ccccc3)CCC1CC2)C(O)(c1cccs1)c1cccs1.O=C(OC1C[N+]2(CCCOc3ccccc3)CCC1CC2)C(O)(c1cccs1)c1cccs1.O=C([O-])C(O)C(O)C(=O)[O-]. The van der Waals surface area contributed by atoms with Gasteiger partial charge in [0, 0.05) is 50.4 Å². The molecule has 4 aromatic heterocycles. The molecule has 6 aliphatic heterocycles. The van der Waals surface area contributed by atoms with Crippen molar-refractivity contribution >= 4 is 69.2 Å². The third-order valence-corrected chi connectivity index (χ3v) is 19.0. The van der Waals surface area contributed by atoms with Crippen molar-refractivity contribution in [3.63, 3.8) is 0 Å². The van der Waals surface area contributed by atoms with Crippen molar-refractivity contribution in [2.24, 2.45) is 11.8 Å². The summed E-state index contributed by atoms with van der Waals surface area (Å²) in [6.07, 6.45) is 1.00.